The van der Waals surface area contributed by atoms with Crippen LogP contribution < -0.4 is 5.73 Å². The maximum atomic E-state index is 11.9. The molecular weight excluding hydrogens is 349 g/mol. The van der Waals surface area contributed by atoms with Crippen molar-refractivity contribution >= 4 is 40.2 Å². The van der Waals surface area contributed by atoms with Crippen molar-refractivity contribution < 1.29 is 19.4 Å². The van der Waals surface area contributed by atoms with Crippen molar-refractivity contribution in [3.05, 3.63) is 26.8 Å². The maximum Gasteiger partial charge on any atom is 0.340 e. The standard InChI is InChI=1S/C12H14INO4/c1-12(2,3)18-11(17)8-5-6(13)4-7(9(8)14)10(15)16/h4-5H,14H2,1-3H3,(H,15,16). The summed E-state index contributed by atoms with van der Waals surface area (Å²) in [6, 6.07) is 2.92. The first-order chi connectivity index (χ1) is 8.11. The van der Waals surface area contributed by atoms with Gasteiger partial charge in [-0.15, -0.1) is 0 Å². The highest BCUT2D eigenvalue weighted by Crippen LogP contribution is 2.24. The number of anilines is 1. The van der Waals surface area contributed by atoms with Gasteiger partial charge in [0.05, 0.1) is 16.8 Å². The lowest BCUT2D eigenvalue weighted by atomic mass is 10.1. The predicted molar refractivity (Wildman–Crippen MR) is 75.7 cm³/mol. The Labute approximate surface area is 118 Å². The average molecular weight is 363 g/mol. The van der Waals surface area contributed by atoms with Crippen molar-refractivity contribution in [2.24, 2.45) is 0 Å². The van der Waals surface area contributed by atoms with Crippen molar-refractivity contribution in [3.8, 4) is 0 Å². The molecule has 1 rings (SSSR count). The van der Waals surface area contributed by atoms with E-state index in [4.69, 9.17) is 15.6 Å². The maximum absolute atomic E-state index is 11.9. The monoisotopic (exact) mass is 363 g/mol. The highest BCUT2D eigenvalue weighted by molar-refractivity contribution is 14.1. The molecule has 3 N–H and O–H groups in total. The SMILES string of the molecule is CC(C)(C)OC(=O)c1cc(I)cc(C(=O)O)c1N. The van der Waals surface area contributed by atoms with Gasteiger partial charge in [-0.3, -0.25) is 0 Å². The lowest BCUT2D eigenvalue weighted by Gasteiger charge is -2.20. The number of rotatable bonds is 2. The second-order valence-electron chi connectivity index (χ2n) is 4.72. The van der Waals surface area contributed by atoms with Crippen molar-refractivity contribution in [2.45, 2.75) is 26.4 Å². The van der Waals surface area contributed by atoms with E-state index in [9.17, 15) is 9.59 Å². The molecule has 0 saturated carbocycles. The molecule has 0 spiro atoms. The van der Waals surface area contributed by atoms with Gasteiger partial charge in [0.15, 0.2) is 0 Å². The van der Waals surface area contributed by atoms with Crippen LogP contribution in [0.3, 0.4) is 0 Å². The number of ether oxygens (including phenoxy) is 1. The Morgan fingerprint density at radius 1 is 1.28 bits per heavy atom. The molecule has 0 aromatic heterocycles. The summed E-state index contributed by atoms with van der Waals surface area (Å²) in [4.78, 5) is 22.9. The summed E-state index contributed by atoms with van der Waals surface area (Å²) in [5.74, 6) is -1.79. The number of nitrogen functional groups attached to an aromatic ring is 1. The molecule has 0 unspecified atom stereocenters. The van der Waals surface area contributed by atoms with Crippen LogP contribution in [-0.4, -0.2) is 22.6 Å². The molecule has 0 saturated heterocycles. The van der Waals surface area contributed by atoms with Crippen LogP contribution in [0, 0.1) is 3.57 Å². The van der Waals surface area contributed by atoms with Gasteiger partial charge in [0.25, 0.3) is 0 Å². The fraction of sp³-hybridized carbons (Fsp3) is 0.333. The third-order valence-corrected chi connectivity index (χ3v) is 2.62. The summed E-state index contributed by atoms with van der Waals surface area (Å²) in [5.41, 5.74) is 4.94. The molecule has 0 fully saturated rings. The number of carboxylic acids is 1. The predicted octanol–water partition coefficient (Wildman–Crippen LogP) is 2.53. The molecule has 0 aliphatic carbocycles. The second kappa shape index (κ2) is 5.13. The van der Waals surface area contributed by atoms with Gasteiger partial charge >= 0.3 is 11.9 Å². The van der Waals surface area contributed by atoms with E-state index in [1.807, 2.05) is 22.6 Å². The Hall–Kier alpha value is -1.31. The van der Waals surface area contributed by atoms with Crippen LogP contribution in [0.25, 0.3) is 0 Å². The zero-order valence-electron chi connectivity index (χ0n) is 10.3. The number of nitrogens with two attached hydrogens (primary N) is 1. The fourth-order valence-electron chi connectivity index (χ4n) is 1.30. The normalized spacial score (nSPS) is 11.1. The summed E-state index contributed by atoms with van der Waals surface area (Å²) in [7, 11) is 0. The van der Waals surface area contributed by atoms with Gasteiger partial charge in [0.1, 0.15) is 5.60 Å². The largest absolute Gasteiger partial charge is 0.478 e. The highest BCUT2D eigenvalue weighted by Gasteiger charge is 2.23. The van der Waals surface area contributed by atoms with Crippen molar-refractivity contribution in [2.75, 3.05) is 5.73 Å². The summed E-state index contributed by atoms with van der Waals surface area (Å²) in [5, 5.41) is 8.99. The summed E-state index contributed by atoms with van der Waals surface area (Å²) < 4.78 is 5.79. The van der Waals surface area contributed by atoms with Crippen LogP contribution >= 0.6 is 22.6 Å². The van der Waals surface area contributed by atoms with Gasteiger partial charge in [-0.1, -0.05) is 0 Å². The van der Waals surface area contributed by atoms with Crippen LogP contribution in [0.5, 0.6) is 0 Å². The molecule has 0 aliphatic heterocycles. The molecule has 0 aliphatic rings. The molecule has 0 atom stereocenters. The molecule has 0 bridgehead atoms. The lowest BCUT2D eigenvalue weighted by molar-refractivity contribution is 0.00707. The smallest absolute Gasteiger partial charge is 0.340 e. The molecule has 0 amide bonds. The second-order valence-corrected chi connectivity index (χ2v) is 5.97. The summed E-state index contributed by atoms with van der Waals surface area (Å²) >= 11 is 1.93. The van der Waals surface area contributed by atoms with E-state index in [1.54, 1.807) is 20.8 Å². The third-order valence-electron chi connectivity index (χ3n) is 1.99. The minimum atomic E-state index is -1.17. The Bertz CT molecular complexity index is 506. The molecule has 1 aromatic rings. The fourth-order valence-corrected chi connectivity index (χ4v) is 1.92. The first-order valence-corrected chi connectivity index (χ1v) is 6.25. The first kappa shape index (κ1) is 14.7. The van der Waals surface area contributed by atoms with Gasteiger partial charge in [-0.2, -0.15) is 0 Å². The van der Waals surface area contributed by atoms with Gasteiger partial charge in [0, 0.05) is 3.57 Å². The van der Waals surface area contributed by atoms with Crippen molar-refractivity contribution in [1.82, 2.24) is 0 Å². The summed E-state index contributed by atoms with van der Waals surface area (Å²) in [6.07, 6.45) is 0. The Kier molecular flexibility index (Phi) is 4.20. The van der Waals surface area contributed by atoms with E-state index >= 15 is 0 Å². The Balaban J connectivity index is 3.25. The first-order valence-electron chi connectivity index (χ1n) is 5.17. The number of carbonyl (C=O) groups excluding carboxylic acids is 1. The average Bonchev–Trinajstić information content (AvgIpc) is 2.17. The number of halogens is 1. The molecule has 0 heterocycles. The number of aromatic carboxylic acids is 1. The minimum Gasteiger partial charge on any atom is -0.478 e. The number of esters is 1. The number of carbonyl (C=O) groups is 2. The van der Waals surface area contributed by atoms with Crippen LogP contribution in [0.1, 0.15) is 41.5 Å². The van der Waals surface area contributed by atoms with Crippen LogP contribution in [0.4, 0.5) is 5.69 Å². The summed E-state index contributed by atoms with van der Waals surface area (Å²) in [6.45, 7) is 5.19. The number of carboxylic acid groups (broad SMARTS) is 1. The molecule has 5 nitrogen and oxygen atoms in total. The van der Waals surface area contributed by atoms with Gasteiger partial charge in [-0.05, 0) is 55.5 Å². The molecule has 18 heavy (non-hydrogen) atoms. The van der Waals surface area contributed by atoms with Crippen LogP contribution in [0.15, 0.2) is 12.1 Å². The zero-order valence-corrected chi connectivity index (χ0v) is 12.4. The van der Waals surface area contributed by atoms with E-state index in [2.05, 4.69) is 0 Å². The van der Waals surface area contributed by atoms with E-state index < -0.39 is 17.5 Å². The van der Waals surface area contributed by atoms with Gasteiger partial charge in [0.2, 0.25) is 0 Å². The van der Waals surface area contributed by atoms with Gasteiger partial charge < -0.3 is 15.6 Å². The van der Waals surface area contributed by atoms with Gasteiger partial charge in [-0.25, -0.2) is 9.59 Å². The lowest BCUT2D eigenvalue weighted by Crippen LogP contribution is -2.25. The number of hydrogen-bond acceptors (Lipinski definition) is 4. The molecule has 98 valence electrons. The Morgan fingerprint density at radius 2 is 1.78 bits per heavy atom. The highest BCUT2D eigenvalue weighted by atomic mass is 127. The van der Waals surface area contributed by atoms with Crippen LogP contribution in [0.2, 0.25) is 0 Å². The minimum absolute atomic E-state index is 0.0721. The number of benzene rings is 1. The van der Waals surface area contributed by atoms with Crippen molar-refractivity contribution in [1.29, 1.82) is 0 Å². The van der Waals surface area contributed by atoms with Crippen molar-refractivity contribution in [3.63, 3.8) is 0 Å². The van der Waals surface area contributed by atoms with Crippen LogP contribution in [-0.2, 0) is 4.74 Å². The van der Waals surface area contributed by atoms with E-state index in [0.29, 0.717) is 3.57 Å². The third kappa shape index (κ3) is 3.59. The zero-order chi connectivity index (χ0) is 14.1. The van der Waals surface area contributed by atoms with E-state index in [1.165, 1.54) is 12.1 Å². The molecule has 0 radical (unpaired) electrons. The molecule has 6 heteroatoms. The quantitative estimate of drug-likeness (QED) is 0.479. The molecule has 1 aromatic carbocycles. The van der Waals surface area contributed by atoms with E-state index in [0.717, 1.165) is 0 Å². The Morgan fingerprint density at radius 3 is 2.22 bits per heavy atom. The topological polar surface area (TPSA) is 89.6 Å². The number of hydrogen-bond donors (Lipinski definition) is 2. The van der Waals surface area contributed by atoms with E-state index in [-0.39, 0.29) is 16.8 Å². The molecular formula is C12H14INO4.